The molecule has 0 bridgehead atoms. The molecule has 1 aromatic heterocycles. The summed E-state index contributed by atoms with van der Waals surface area (Å²) in [6, 6.07) is 6.21. The number of hydrogen-bond acceptors (Lipinski definition) is 8. The summed E-state index contributed by atoms with van der Waals surface area (Å²) >= 11 is 5.98. The Morgan fingerprint density at radius 3 is 2.42 bits per heavy atom. The molecule has 230 valence electrons. The first-order chi connectivity index (χ1) is 19.9. The maximum atomic E-state index is 15.5. The largest absolute Gasteiger partial charge is 0.444 e. The van der Waals surface area contributed by atoms with Gasteiger partial charge in [0, 0.05) is 5.02 Å². The van der Waals surface area contributed by atoms with Crippen LogP contribution in [0.1, 0.15) is 45.1 Å². The summed E-state index contributed by atoms with van der Waals surface area (Å²) in [5, 5.41) is 6.22. The van der Waals surface area contributed by atoms with E-state index in [-0.39, 0.29) is 25.1 Å². The third-order valence-corrected chi connectivity index (χ3v) is 8.96. The van der Waals surface area contributed by atoms with Crippen molar-refractivity contribution in [2.24, 2.45) is 0 Å². The Morgan fingerprint density at radius 1 is 1.19 bits per heavy atom. The minimum Gasteiger partial charge on any atom is -0.444 e. The van der Waals surface area contributed by atoms with Gasteiger partial charge in [0.05, 0.1) is 28.4 Å². The van der Waals surface area contributed by atoms with Gasteiger partial charge in [-0.1, -0.05) is 28.9 Å². The van der Waals surface area contributed by atoms with E-state index >= 15 is 4.39 Å². The average molecular weight is 645 g/mol. The fourth-order valence-electron chi connectivity index (χ4n) is 4.62. The van der Waals surface area contributed by atoms with E-state index in [4.69, 9.17) is 20.9 Å². The van der Waals surface area contributed by atoms with Crippen molar-refractivity contribution in [2.75, 3.05) is 10.7 Å². The van der Waals surface area contributed by atoms with Crippen molar-refractivity contribution in [2.45, 2.75) is 68.3 Å². The number of hydrogen-bond donors (Lipinski definition) is 1. The molecule has 1 fully saturated rings. The molecular formula is C27H25ClF4N4O6S. The molecule has 0 spiro atoms. The number of sulfone groups is 1. The van der Waals surface area contributed by atoms with E-state index < -0.39 is 78.8 Å². The number of ether oxygens (including phenoxy) is 1. The van der Waals surface area contributed by atoms with Crippen LogP contribution >= 0.6 is 11.6 Å². The molecule has 5 rings (SSSR count). The van der Waals surface area contributed by atoms with Crippen molar-refractivity contribution in [1.29, 1.82) is 0 Å². The van der Waals surface area contributed by atoms with Crippen molar-refractivity contribution in [3.8, 4) is 11.4 Å². The molecule has 2 aromatic carbocycles. The Hall–Kier alpha value is -3.72. The maximum absolute atomic E-state index is 15.5. The van der Waals surface area contributed by atoms with Crippen LogP contribution in [0.15, 0.2) is 45.8 Å². The molecule has 0 unspecified atom stereocenters. The average Bonchev–Trinajstić information content (AvgIpc) is 3.58. The number of nitrogens with zero attached hydrogens (tertiary/aromatic N) is 3. The number of alkyl carbamates (subject to hydrolysis) is 1. The predicted octanol–water partition coefficient (Wildman–Crippen LogP) is 5.34. The van der Waals surface area contributed by atoms with Crippen LogP contribution in [0.25, 0.3) is 11.4 Å². The Balaban J connectivity index is 1.61. The summed E-state index contributed by atoms with van der Waals surface area (Å²) in [6.45, 7) is 4.49. The third kappa shape index (κ3) is 6.05. The molecule has 1 saturated carbocycles. The Kier molecular flexibility index (Phi) is 7.48. The van der Waals surface area contributed by atoms with Gasteiger partial charge in [0.15, 0.2) is 9.84 Å². The second kappa shape index (κ2) is 10.5. The molecule has 0 saturated heterocycles. The number of carbonyl (C=O) groups is 2. The quantitative estimate of drug-likeness (QED) is 0.369. The number of fused-ring (bicyclic) bond motifs is 1. The van der Waals surface area contributed by atoms with E-state index in [1.165, 1.54) is 0 Å². The number of aromatic nitrogens is 2. The summed E-state index contributed by atoms with van der Waals surface area (Å²) in [4.78, 5) is 30.6. The van der Waals surface area contributed by atoms with Gasteiger partial charge >= 0.3 is 12.3 Å². The molecule has 1 N–H and O–H groups in total. The van der Waals surface area contributed by atoms with Crippen molar-refractivity contribution in [3.05, 3.63) is 58.7 Å². The molecule has 10 nitrogen and oxygen atoms in total. The Bertz CT molecular complexity index is 1700. The smallest absolute Gasteiger partial charge is 0.408 e. The van der Waals surface area contributed by atoms with Crippen LogP contribution in [0, 0.1) is 5.82 Å². The van der Waals surface area contributed by atoms with Crippen molar-refractivity contribution in [1.82, 2.24) is 15.5 Å². The van der Waals surface area contributed by atoms with Gasteiger partial charge in [-0.05, 0) is 63.4 Å². The van der Waals surface area contributed by atoms with Gasteiger partial charge in [0.2, 0.25) is 11.7 Å². The number of carbonyl (C=O) groups excluding carboxylic acids is 2. The summed E-state index contributed by atoms with van der Waals surface area (Å²) < 4.78 is 93.3. The van der Waals surface area contributed by atoms with Gasteiger partial charge in [-0.3, -0.25) is 4.79 Å². The number of anilines is 1. The minimum absolute atomic E-state index is 0.245. The number of benzene rings is 2. The van der Waals surface area contributed by atoms with Crippen LogP contribution in [0.5, 0.6) is 0 Å². The van der Waals surface area contributed by atoms with E-state index in [9.17, 15) is 31.2 Å². The van der Waals surface area contributed by atoms with Crippen LogP contribution in [0.3, 0.4) is 0 Å². The van der Waals surface area contributed by atoms with Gasteiger partial charge < -0.3 is 19.5 Å². The SMILES string of the molecule is CC(C)(C)OC(=O)N[C@H]1CS(=O)(=O)c2cc(F)c(-c3noc(C4(C(F)(F)F)CC4)n3)cc2N(Cc2ccc(Cl)cc2)C1=O. The summed E-state index contributed by atoms with van der Waals surface area (Å²) in [6.07, 6.45) is -6.28. The highest BCUT2D eigenvalue weighted by atomic mass is 35.5. The molecule has 2 amide bonds. The number of alkyl halides is 3. The van der Waals surface area contributed by atoms with Gasteiger partial charge in [0.1, 0.15) is 22.9 Å². The van der Waals surface area contributed by atoms with Crippen LogP contribution in [-0.4, -0.2) is 54.1 Å². The molecule has 1 aliphatic carbocycles. The topological polar surface area (TPSA) is 132 Å². The van der Waals surface area contributed by atoms with Crippen LogP contribution < -0.4 is 10.2 Å². The molecule has 43 heavy (non-hydrogen) atoms. The zero-order valence-corrected chi connectivity index (χ0v) is 24.5. The zero-order chi connectivity index (χ0) is 31.5. The number of rotatable bonds is 5. The van der Waals surface area contributed by atoms with Crippen LogP contribution in [-0.2, 0) is 31.3 Å². The van der Waals surface area contributed by atoms with Gasteiger partial charge in [-0.2, -0.15) is 18.2 Å². The van der Waals surface area contributed by atoms with Crippen LogP contribution in [0.2, 0.25) is 5.02 Å². The molecule has 3 aromatic rings. The number of amides is 2. The highest BCUT2D eigenvalue weighted by Crippen LogP contribution is 2.58. The molecule has 0 radical (unpaired) electrons. The Labute approximate surface area is 248 Å². The molecule has 2 aliphatic rings. The zero-order valence-electron chi connectivity index (χ0n) is 23.0. The molecule has 1 aliphatic heterocycles. The lowest BCUT2D eigenvalue weighted by Crippen LogP contribution is -2.51. The molecule has 16 heteroatoms. The second-order valence-corrected chi connectivity index (χ2v) is 13.8. The normalized spacial score (nSPS) is 19.4. The highest BCUT2D eigenvalue weighted by molar-refractivity contribution is 7.91. The summed E-state index contributed by atoms with van der Waals surface area (Å²) in [7, 11) is -4.44. The monoisotopic (exact) mass is 644 g/mol. The van der Waals surface area contributed by atoms with Gasteiger partial charge in [-0.25, -0.2) is 17.6 Å². The lowest BCUT2D eigenvalue weighted by atomic mass is 10.1. The Morgan fingerprint density at radius 2 is 1.84 bits per heavy atom. The van der Waals surface area contributed by atoms with Crippen molar-refractivity contribution >= 4 is 39.1 Å². The summed E-state index contributed by atoms with van der Waals surface area (Å²) in [5.74, 6) is -4.27. The molecule has 2 heterocycles. The van der Waals surface area contributed by atoms with Gasteiger partial charge in [0.25, 0.3) is 5.91 Å². The minimum atomic E-state index is -4.67. The van der Waals surface area contributed by atoms with E-state index in [0.29, 0.717) is 16.7 Å². The predicted molar refractivity (Wildman–Crippen MR) is 145 cm³/mol. The van der Waals surface area contributed by atoms with Gasteiger partial charge in [-0.15, -0.1) is 0 Å². The van der Waals surface area contributed by atoms with Crippen molar-refractivity contribution in [3.63, 3.8) is 0 Å². The first-order valence-electron chi connectivity index (χ1n) is 12.9. The fraction of sp³-hybridized carbons (Fsp3) is 0.407. The highest BCUT2D eigenvalue weighted by Gasteiger charge is 2.68. The fourth-order valence-corrected chi connectivity index (χ4v) is 6.36. The van der Waals surface area contributed by atoms with E-state index in [2.05, 4.69) is 15.5 Å². The first kappa shape index (κ1) is 30.7. The lowest BCUT2D eigenvalue weighted by molar-refractivity contribution is -0.166. The first-order valence-corrected chi connectivity index (χ1v) is 15.0. The lowest BCUT2D eigenvalue weighted by Gasteiger charge is -2.27. The van der Waals surface area contributed by atoms with Crippen molar-refractivity contribution < 1.29 is 44.8 Å². The maximum Gasteiger partial charge on any atom is 0.408 e. The van der Waals surface area contributed by atoms with E-state index in [1.807, 2.05) is 0 Å². The third-order valence-electron chi connectivity index (χ3n) is 6.94. The number of nitrogens with one attached hydrogen (secondary N) is 1. The van der Waals surface area contributed by atoms with Crippen LogP contribution in [0.4, 0.5) is 28.0 Å². The molecular weight excluding hydrogens is 620 g/mol. The standard InChI is InChI=1S/C27H25ClF4N4O6S/c1-25(2,3)41-24(38)33-18-13-43(39,40)20-11-17(29)16(21-34-23(42-35-21)26(8-9-26)27(30,31)32)10-19(20)36(22(18)37)12-14-4-6-15(28)7-5-14/h4-7,10-11,18H,8-9,12-13H2,1-3H3,(H,33,38)/t18-/m0/s1. The van der Waals surface area contributed by atoms with E-state index in [0.717, 1.165) is 11.0 Å². The summed E-state index contributed by atoms with van der Waals surface area (Å²) in [5.41, 5.74) is -3.59. The second-order valence-electron chi connectivity index (χ2n) is 11.3. The molecule has 1 atom stereocenters. The van der Waals surface area contributed by atoms with E-state index in [1.54, 1.807) is 45.0 Å². The number of halogens is 5.